The highest BCUT2D eigenvalue weighted by Crippen LogP contribution is 2.13. The zero-order chi connectivity index (χ0) is 19.6. The van der Waals surface area contributed by atoms with Crippen LogP contribution < -0.4 is 20.9 Å². The van der Waals surface area contributed by atoms with E-state index in [4.69, 9.17) is 4.74 Å². The molecule has 0 aliphatic carbocycles. The number of anilines is 1. The lowest BCUT2D eigenvalue weighted by molar-refractivity contribution is 0.0529. The fourth-order valence-corrected chi connectivity index (χ4v) is 2.10. The van der Waals surface area contributed by atoms with E-state index in [2.05, 4.69) is 44.0 Å². The molecule has 0 atom stereocenters. The number of ether oxygens (including phenoxy) is 1. The van der Waals surface area contributed by atoms with Gasteiger partial charge in [-0.25, -0.2) is 9.79 Å². The van der Waals surface area contributed by atoms with Crippen molar-refractivity contribution in [2.45, 2.75) is 39.8 Å². The van der Waals surface area contributed by atoms with Crippen LogP contribution in [0.3, 0.4) is 0 Å². The first kappa shape index (κ1) is 21.6. The van der Waals surface area contributed by atoms with Crippen molar-refractivity contribution in [3.05, 3.63) is 29.8 Å². The van der Waals surface area contributed by atoms with Gasteiger partial charge in [-0.1, -0.05) is 12.1 Å². The van der Waals surface area contributed by atoms with Gasteiger partial charge >= 0.3 is 6.09 Å². The Morgan fingerprint density at radius 1 is 1.15 bits per heavy atom. The molecule has 7 heteroatoms. The van der Waals surface area contributed by atoms with Crippen LogP contribution in [0, 0.1) is 0 Å². The minimum absolute atomic E-state index is 0.415. The summed E-state index contributed by atoms with van der Waals surface area (Å²) in [6.45, 7) is 9.89. The molecule has 0 unspecified atom stereocenters. The maximum Gasteiger partial charge on any atom is 0.407 e. The number of nitrogens with zero attached hydrogens (tertiary/aromatic N) is 2. The molecule has 0 heterocycles. The molecule has 0 saturated heterocycles. The van der Waals surface area contributed by atoms with Crippen molar-refractivity contribution in [3.63, 3.8) is 0 Å². The van der Waals surface area contributed by atoms with Crippen LogP contribution >= 0.6 is 0 Å². The molecule has 146 valence electrons. The molecule has 0 spiro atoms. The summed E-state index contributed by atoms with van der Waals surface area (Å²) in [6, 6.07) is 8.28. The van der Waals surface area contributed by atoms with Gasteiger partial charge in [0.15, 0.2) is 5.96 Å². The number of amides is 1. The second-order valence-corrected chi connectivity index (χ2v) is 7.11. The van der Waals surface area contributed by atoms with Gasteiger partial charge < -0.3 is 25.6 Å². The fraction of sp³-hybridized carbons (Fsp3) is 0.579. The molecule has 0 radical (unpaired) electrons. The van der Waals surface area contributed by atoms with Crippen LogP contribution in [-0.2, 0) is 11.3 Å². The normalized spacial score (nSPS) is 11.7. The van der Waals surface area contributed by atoms with E-state index in [9.17, 15) is 4.79 Å². The van der Waals surface area contributed by atoms with E-state index in [0.717, 1.165) is 17.8 Å². The van der Waals surface area contributed by atoms with E-state index in [0.29, 0.717) is 25.6 Å². The average Bonchev–Trinajstić information content (AvgIpc) is 2.55. The molecule has 0 aliphatic rings. The van der Waals surface area contributed by atoms with Gasteiger partial charge in [-0.05, 0) is 45.4 Å². The van der Waals surface area contributed by atoms with E-state index >= 15 is 0 Å². The van der Waals surface area contributed by atoms with Crippen LogP contribution in [-0.4, -0.2) is 51.4 Å². The van der Waals surface area contributed by atoms with E-state index in [1.807, 2.05) is 47.9 Å². The molecule has 0 aliphatic heterocycles. The summed E-state index contributed by atoms with van der Waals surface area (Å²) < 4.78 is 5.20. The quantitative estimate of drug-likeness (QED) is 0.394. The Labute approximate surface area is 157 Å². The number of carbonyl (C=O) groups excluding carboxylic acids is 1. The zero-order valence-electron chi connectivity index (χ0n) is 16.8. The van der Waals surface area contributed by atoms with Crippen molar-refractivity contribution in [2.24, 2.45) is 4.99 Å². The highest BCUT2D eigenvalue weighted by Gasteiger charge is 2.15. The monoisotopic (exact) mass is 363 g/mol. The number of guanidine groups is 1. The van der Waals surface area contributed by atoms with Crippen LogP contribution in [0.2, 0.25) is 0 Å². The van der Waals surface area contributed by atoms with E-state index in [1.165, 1.54) is 0 Å². The smallest absolute Gasteiger partial charge is 0.407 e. The lowest BCUT2D eigenvalue weighted by atomic mass is 10.2. The summed E-state index contributed by atoms with van der Waals surface area (Å²) in [5.74, 6) is 0.716. The highest BCUT2D eigenvalue weighted by molar-refractivity contribution is 5.79. The van der Waals surface area contributed by atoms with Crippen molar-refractivity contribution >= 4 is 17.7 Å². The average molecular weight is 364 g/mol. The number of rotatable bonds is 7. The lowest BCUT2D eigenvalue weighted by Crippen LogP contribution is -2.42. The summed E-state index contributed by atoms with van der Waals surface area (Å²) in [6.07, 6.45) is -0.415. The van der Waals surface area contributed by atoms with Crippen LogP contribution in [0.25, 0.3) is 0 Å². The second kappa shape index (κ2) is 10.5. The first-order valence-corrected chi connectivity index (χ1v) is 8.96. The van der Waals surface area contributed by atoms with Crippen molar-refractivity contribution in [1.29, 1.82) is 0 Å². The number of aliphatic imine (C=N–C) groups is 1. The number of hydrogen-bond donors (Lipinski definition) is 3. The second-order valence-electron chi connectivity index (χ2n) is 7.11. The Morgan fingerprint density at radius 3 is 2.46 bits per heavy atom. The SMILES string of the molecule is CCNC(=NCc1cccc(N(C)C)c1)NCCNC(=O)OC(C)(C)C. The maximum absolute atomic E-state index is 11.6. The molecule has 1 aromatic rings. The molecule has 0 fully saturated rings. The van der Waals surface area contributed by atoms with Crippen LogP contribution in [0.5, 0.6) is 0 Å². The van der Waals surface area contributed by atoms with Gasteiger partial charge in [0.2, 0.25) is 0 Å². The largest absolute Gasteiger partial charge is 0.444 e. The topological polar surface area (TPSA) is 78.0 Å². The van der Waals surface area contributed by atoms with Gasteiger partial charge in [0.1, 0.15) is 5.60 Å². The number of alkyl carbamates (subject to hydrolysis) is 1. The standard InChI is InChI=1S/C19H33N5O2/c1-7-20-17(21-11-12-22-18(25)26-19(2,3)4)23-14-15-9-8-10-16(13-15)24(5)6/h8-10,13H,7,11-12,14H2,1-6H3,(H,22,25)(H2,20,21,23). The van der Waals surface area contributed by atoms with E-state index < -0.39 is 11.7 Å². The molecule has 0 aromatic heterocycles. The molecule has 0 saturated carbocycles. The van der Waals surface area contributed by atoms with Gasteiger partial charge in [0.05, 0.1) is 6.54 Å². The molecular weight excluding hydrogens is 330 g/mol. The molecular formula is C19H33N5O2. The van der Waals surface area contributed by atoms with Crippen molar-refractivity contribution in [3.8, 4) is 0 Å². The predicted molar refractivity (Wildman–Crippen MR) is 108 cm³/mol. The molecule has 3 N–H and O–H groups in total. The summed E-state index contributed by atoms with van der Waals surface area (Å²) in [5, 5.41) is 9.12. The van der Waals surface area contributed by atoms with Crippen LogP contribution in [0.15, 0.2) is 29.3 Å². The molecule has 26 heavy (non-hydrogen) atoms. The zero-order valence-corrected chi connectivity index (χ0v) is 16.8. The Bertz CT molecular complexity index is 594. The first-order chi connectivity index (χ1) is 12.2. The maximum atomic E-state index is 11.6. The molecule has 1 rings (SSSR count). The molecule has 0 bridgehead atoms. The molecule has 1 amide bonds. The van der Waals surface area contributed by atoms with Crippen molar-refractivity contribution in [1.82, 2.24) is 16.0 Å². The van der Waals surface area contributed by atoms with Crippen LogP contribution in [0.1, 0.15) is 33.3 Å². The first-order valence-electron chi connectivity index (χ1n) is 8.96. The molecule has 7 nitrogen and oxygen atoms in total. The number of nitrogens with one attached hydrogen (secondary N) is 3. The Morgan fingerprint density at radius 2 is 1.85 bits per heavy atom. The van der Waals surface area contributed by atoms with Gasteiger partial charge in [0, 0.05) is 39.4 Å². The van der Waals surface area contributed by atoms with E-state index in [-0.39, 0.29) is 0 Å². The summed E-state index contributed by atoms with van der Waals surface area (Å²) in [7, 11) is 4.04. The van der Waals surface area contributed by atoms with Crippen LogP contribution in [0.4, 0.5) is 10.5 Å². The van der Waals surface area contributed by atoms with Gasteiger partial charge in [0.25, 0.3) is 0 Å². The molecule has 1 aromatic carbocycles. The minimum atomic E-state index is -0.491. The van der Waals surface area contributed by atoms with Crippen molar-refractivity contribution < 1.29 is 9.53 Å². The number of benzene rings is 1. The van der Waals surface area contributed by atoms with Gasteiger partial charge in [-0.2, -0.15) is 0 Å². The van der Waals surface area contributed by atoms with Crippen molar-refractivity contribution in [2.75, 3.05) is 38.6 Å². The van der Waals surface area contributed by atoms with E-state index in [1.54, 1.807) is 0 Å². The lowest BCUT2D eigenvalue weighted by Gasteiger charge is -2.20. The summed E-state index contributed by atoms with van der Waals surface area (Å²) in [4.78, 5) is 18.3. The number of hydrogen-bond acceptors (Lipinski definition) is 4. The summed E-state index contributed by atoms with van der Waals surface area (Å²) in [5.41, 5.74) is 1.80. The fourth-order valence-electron chi connectivity index (χ4n) is 2.10. The predicted octanol–water partition coefficient (Wildman–Crippen LogP) is 2.33. The Kier molecular flexibility index (Phi) is 8.75. The third kappa shape index (κ3) is 9.15. The Balaban J connectivity index is 2.49. The highest BCUT2D eigenvalue weighted by atomic mass is 16.6. The number of carbonyl (C=O) groups is 1. The van der Waals surface area contributed by atoms with Gasteiger partial charge in [-0.3, -0.25) is 0 Å². The summed E-state index contributed by atoms with van der Waals surface area (Å²) >= 11 is 0. The van der Waals surface area contributed by atoms with Gasteiger partial charge in [-0.15, -0.1) is 0 Å². The third-order valence-electron chi connectivity index (χ3n) is 3.28. The minimum Gasteiger partial charge on any atom is -0.444 e. The third-order valence-corrected chi connectivity index (χ3v) is 3.28. The Hall–Kier alpha value is -2.44.